The zero-order chi connectivity index (χ0) is 12.3. The van der Waals surface area contributed by atoms with Gasteiger partial charge in [-0.2, -0.15) is 0 Å². The first kappa shape index (κ1) is 12.6. The van der Waals surface area contributed by atoms with Gasteiger partial charge in [-0.1, -0.05) is 18.2 Å². The van der Waals surface area contributed by atoms with Crippen LogP contribution in [0.3, 0.4) is 0 Å². The molecule has 1 aromatic carbocycles. The monoisotopic (exact) mass is 249 g/mol. The second kappa shape index (κ2) is 5.63. The summed E-state index contributed by atoms with van der Waals surface area (Å²) in [6.07, 6.45) is 1.86. The molecule has 0 aliphatic rings. The number of hydrogen-bond acceptors (Lipinski definition) is 3. The van der Waals surface area contributed by atoms with E-state index in [1.165, 1.54) is 15.6 Å². The van der Waals surface area contributed by atoms with Gasteiger partial charge in [-0.15, -0.1) is 11.3 Å². The van der Waals surface area contributed by atoms with Crippen molar-refractivity contribution in [1.82, 2.24) is 4.90 Å². The highest BCUT2D eigenvalue weighted by Gasteiger charge is 2.17. The Balaban J connectivity index is 2.34. The third-order valence-electron chi connectivity index (χ3n) is 3.13. The van der Waals surface area contributed by atoms with E-state index in [2.05, 4.69) is 48.6 Å². The number of hydrogen-bond donors (Lipinski definition) is 1. The Morgan fingerprint density at radius 1 is 1.29 bits per heavy atom. The highest BCUT2D eigenvalue weighted by atomic mass is 32.1. The number of aliphatic hydroxyl groups excluding tert-OH is 1. The van der Waals surface area contributed by atoms with Crippen molar-refractivity contribution in [2.24, 2.45) is 0 Å². The van der Waals surface area contributed by atoms with E-state index in [0.717, 1.165) is 12.8 Å². The average Bonchev–Trinajstić information content (AvgIpc) is 2.73. The van der Waals surface area contributed by atoms with Crippen molar-refractivity contribution in [3.63, 3.8) is 0 Å². The normalized spacial score (nSPS) is 13.4. The lowest BCUT2D eigenvalue weighted by Gasteiger charge is -2.24. The zero-order valence-corrected chi connectivity index (χ0v) is 11.2. The molecule has 0 bridgehead atoms. The summed E-state index contributed by atoms with van der Waals surface area (Å²) < 4.78 is 1.35. The third kappa shape index (κ3) is 2.68. The van der Waals surface area contributed by atoms with Crippen LogP contribution in [0.1, 0.15) is 24.4 Å². The summed E-state index contributed by atoms with van der Waals surface area (Å²) in [5.74, 6) is 0. The molecule has 0 amide bonds. The Hall–Kier alpha value is -0.900. The molecule has 0 radical (unpaired) electrons. The van der Waals surface area contributed by atoms with Crippen LogP contribution in [0.15, 0.2) is 29.6 Å². The summed E-state index contributed by atoms with van der Waals surface area (Å²) >= 11 is 1.80. The van der Waals surface area contributed by atoms with Gasteiger partial charge in [0.2, 0.25) is 0 Å². The first-order valence-corrected chi connectivity index (χ1v) is 6.85. The van der Waals surface area contributed by atoms with Crippen LogP contribution in [0.4, 0.5) is 0 Å². The summed E-state index contributed by atoms with van der Waals surface area (Å²) in [4.78, 5) is 2.24. The van der Waals surface area contributed by atoms with Crippen LogP contribution in [0, 0.1) is 0 Å². The minimum Gasteiger partial charge on any atom is -0.396 e. The van der Waals surface area contributed by atoms with Gasteiger partial charge in [-0.25, -0.2) is 0 Å². The Labute approximate surface area is 106 Å². The van der Waals surface area contributed by atoms with E-state index in [-0.39, 0.29) is 6.61 Å². The Morgan fingerprint density at radius 3 is 2.76 bits per heavy atom. The molecular weight excluding hydrogens is 230 g/mol. The number of benzene rings is 1. The average molecular weight is 249 g/mol. The fourth-order valence-electron chi connectivity index (χ4n) is 2.23. The Kier molecular flexibility index (Phi) is 4.15. The molecule has 1 atom stereocenters. The van der Waals surface area contributed by atoms with Crippen LogP contribution in [0.2, 0.25) is 0 Å². The molecule has 0 saturated carbocycles. The SMILES string of the molecule is CN(C)C(CCCO)c1csc2ccccc12. The quantitative estimate of drug-likeness (QED) is 0.879. The Morgan fingerprint density at radius 2 is 2.06 bits per heavy atom. The Bertz CT molecular complexity index is 478. The van der Waals surface area contributed by atoms with Gasteiger partial charge in [0.15, 0.2) is 0 Å². The van der Waals surface area contributed by atoms with Crippen LogP contribution >= 0.6 is 11.3 Å². The van der Waals surface area contributed by atoms with Crippen LogP contribution < -0.4 is 0 Å². The molecule has 3 heteroatoms. The third-order valence-corrected chi connectivity index (χ3v) is 4.11. The fraction of sp³-hybridized carbons (Fsp3) is 0.429. The molecular formula is C14H19NOS. The maximum absolute atomic E-state index is 8.99. The number of thiophene rings is 1. The van der Waals surface area contributed by atoms with Crippen LogP contribution in [-0.2, 0) is 0 Å². The topological polar surface area (TPSA) is 23.5 Å². The molecule has 1 aromatic heterocycles. The molecule has 0 saturated heterocycles. The molecule has 92 valence electrons. The van der Waals surface area contributed by atoms with Gasteiger partial charge in [0.25, 0.3) is 0 Å². The lowest BCUT2D eigenvalue weighted by atomic mass is 10.0. The lowest BCUT2D eigenvalue weighted by molar-refractivity contribution is 0.236. The van der Waals surface area contributed by atoms with Gasteiger partial charge in [0.05, 0.1) is 0 Å². The van der Waals surface area contributed by atoms with Crippen molar-refractivity contribution in [1.29, 1.82) is 0 Å². The molecule has 0 fully saturated rings. The summed E-state index contributed by atoms with van der Waals surface area (Å²) in [6.45, 7) is 0.270. The highest BCUT2D eigenvalue weighted by Crippen LogP contribution is 2.34. The summed E-state index contributed by atoms with van der Waals surface area (Å²) in [5.41, 5.74) is 1.39. The van der Waals surface area contributed by atoms with Gasteiger partial charge >= 0.3 is 0 Å². The molecule has 1 heterocycles. The molecule has 17 heavy (non-hydrogen) atoms. The number of rotatable bonds is 5. The summed E-state index contributed by atoms with van der Waals surface area (Å²) in [6, 6.07) is 8.94. The van der Waals surface area contributed by atoms with Gasteiger partial charge in [-0.3, -0.25) is 0 Å². The molecule has 0 aliphatic carbocycles. The van der Waals surface area contributed by atoms with Gasteiger partial charge in [0.1, 0.15) is 0 Å². The maximum atomic E-state index is 8.99. The van der Waals surface area contributed by atoms with Crippen molar-refractivity contribution in [3.05, 3.63) is 35.2 Å². The fourth-order valence-corrected chi connectivity index (χ4v) is 3.24. The molecule has 1 unspecified atom stereocenters. The lowest BCUT2D eigenvalue weighted by Crippen LogP contribution is -2.20. The first-order valence-electron chi connectivity index (χ1n) is 5.97. The number of nitrogens with zero attached hydrogens (tertiary/aromatic N) is 1. The smallest absolute Gasteiger partial charge is 0.0431 e. The summed E-state index contributed by atoms with van der Waals surface area (Å²) in [5, 5.41) is 12.6. The van der Waals surface area contributed by atoms with E-state index >= 15 is 0 Å². The first-order chi connectivity index (χ1) is 8.24. The minimum atomic E-state index is 0.270. The second-order valence-electron chi connectivity index (χ2n) is 4.53. The van der Waals surface area contributed by atoms with Crippen molar-refractivity contribution >= 4 is 21.4 Å². The van der Waals surface area contributed by atoms with E-state index in [1.54, 1.807) is 11.3 Å². The van der Waals surface area contributed by atoms with E-state index < -0.39 is 0 Å². The standard InChI is InChI=1S/C14H19NOS/c1-15(2)13(7-5-9-16)12-10-17-14-8-4-3-6-11(12)14/h3-4,6,8,10,13,16H,5,7,9H2,1-2H3. The van der Waals surface area contributed by atoms with Gasteiger partial charge in [0, 0.05) is 17.3 Å². The predicted molar refractivity (Wildman–Crippen MR) is 74.6 cm³/mol. The molecule has 1 N–H and O–H groups in total. The van der Waals surface area contributed by atoms with E-state index in [9.17, 15) is 0 Å². The van der Waals surface area contributed by atoms with E-state index in [1.807, 2.05) is 0 Å². The predicted octanol–water partition coefficient (Wildman–Crippen LogP) is 3.28. The number of aliphatic hydroxyl groups is 1. The van der Waals surface area contributed by atoms with Crippen molar-refractivity contribution < 1.29 is 5.11 Å². The van der Waals surface area contributed by atoms with Crippen LogP contribution in [-0.4, -0.2) is 30.7 Å². The molecule has 2 aromatic rings. The molecule has 2 rings (SSSR count). The van der Waals surface area contributed by atoms with Crippen molar-refractivity contribution in [2.45, 2.75) is 18.9 Å². The van der Waals surface area contributed by atoms with Gasteiger partial charge in [-0.05, 0) is 49.3 Å². The second-order valence-corrected chi connectivity index (χ2v) is 5.44. The van der Waals surface area contributed by atoms with E-state index in [0.29, 0.717) is 6.04 Å². The van der Waals surface area contributed by atoms with E-state index in [4.69, 9.17) is 5.11 Å². The largest absolute Gasteiger partial charge is 0.396 e. The van der Waals surface area contributed by atoms with Crippen molar-refractivity contribution in [2.75, 3.05) is 20.7 Å². The maximum Gasteiger partial charge on any atom is 0.0431 e. The van der Waals surface area contributed by atoms with Crippen LogP contribution in [0.25, 0.3) is 10.1 Å². The van der Waals surface area contributed by atoms with Crippen LogP contribution in [0.5, 0.6) is 0 Å². The summed E-state index contributed by atoms with van der Waals surface area (Å²) in [7, 11) is 4.21. The zero-order valence-electron chi connectivity index (χ0n) is 10.4. The van der Waals surface area contributed by atoms with Gasteiger partial charge < -0.3 is 10.0 Å². The van der Waals surface area contributed by atoms with Crippen molar-refractivity contribution in [3.8, 4) is 0 Å². The minimum absolute atomic E-state index is 0.270. The molecule has 2 nitrogen and oxygen atoms in total. The molecule has 0 spiro atoms. The highest BCUT2D eigenvalue weighted by molar-refractivity contribution is 7.17. The molecule has 0 aliphatic heterocycles. The number of fused-ring (bicyclic) bond motifs is 1.